The van der Waals surface area contributed by atoms with Crippen molar-refractivity contribution in [2.24, 2.45) is 0 Å². The SMILES string of the molecule is CSc1ccc(Oc2cncc(CO)n2)cc1. The van der Waals surface area contributed by atoms with Gasteiger partial charge in [-0.1, -0.05) is 0 Å². The molecule has 1 aromatic carbocycles. The van der Waals surface area contributed by atoms with Crippen molar-refractivity contribution in [2.75, 3.05) is 6.26 Å². The van der Waals surface area contributed by atoms with Crippen LogP contribution in [0.2, 0.25) is 0 Å². The molecule has 0 spiro atoms. The number of nitrogens with zero attached hydrogens (tertiary/aromatic N) is 2. The maximum absolute atomic E-state index is 8.94. The molecule has 0 bridgehead atoms. The summed E-state index contributed by atoms with van der Waals surface area (Å²) >= 11 is 1.67. The van der Waals surface area contributed by atoms with E-state index in [4.69, 9.17) is 9.84 Å². The zero-order valence-corrected chi connectivity index (χ0v) is 10.1. The van der Waals surface area contributed by atoms with Gasteiger partial charge in [-0.25, -0.2) is 4.98 Å². The molecule has 0 unspecified atom stereocenters. The minimum Gasteiger partial charge on any atom is -0.437 e. The first kappa shape index (κ1) is 11.9. The molecule has 0 atom stereocenters. The first-order valence-electron chi connectivity index (χ1n) is 5.05. The minimum absolute atomic E-state index is 0.143. The molecule has 17 heavy (non-hydrogen) atoms. The van der Waals surface area contributed by atoms with E-state index in [2.05, 4.69) is 9.97 Å². The summed E-state index contributed by atoms with van der Waals surface area (Å²) in [4.78, 5) is 9.20. The zero-order valence-electron chi connectivity index (χ0n) is 9.33. The van der Waals surface area contributed by atoms with Crippen molar-refractivity contribution in [1.29, 1.82) is 0 Å². The highest BCUT2D eigenvalue weighted by molar-refractivity contribution is 7.98. The summed E-state index contributed by atoms with van der Waals surface area (Å²) in [7, 11) is 0. The van der Waals surface area contributed by atoms with E-state index >= 15 is 0 Å². The van der Waals surface area contributed by atoms with Gasteiger partial charge in [-0.15, -0.1) is 11.8 Å². The van der Waals surface area contributed by atoms with E-state index in [1.165, 1.54) is 17.3 Å². The van der Waals surface area contributed by atoms with Crippen LogP contribution >= 0.6 is 11.8 Å². The van der Waals surface area contributed by atoms with Crippen LogP contribution in [0, 0.1) is 0 Å². The van der Waals surface area contributed by atoms with Crippen LogP contribution in [0.25, 0.3) is 0 Å². The molecule has 88 valence electrons. The molecule has 0 aliphatic heterocycles. The van der Waals surface area contributed by atoms with Crippen molar-refractivity contribution in [2.45, 2.75) is 11.5 Å². The van der Waals surface area contributed by atoms with Crippen molar-refractivity contribution in [1.82, 2.24) is 9.97 Å². The summed E-state index contributed by atoms with van der Waals surface area (Å²) < 4.78 is 5.53. The normalized spacial score (nSPS) is 10.2. The molecule has 2 aromatic rings. The monoisotopic (exact) mass is 248 g/mol. The van der Waals surface area contributed by atoms with Crippen LogP contribution in [0.3, 0.4) is 0 Å². The molecule has 0 aliphatic carbocycles. The molecular formula is C12H12N2O2S. The number of hydrogen-bond acceptors (Lipinski definition) is 5. The van der Waals surface area contributed by atoms with E-state index in [0.29, 0.717) is 17.3 Å². The van der Waals surface area contributed by atoms with Crippen LogP contribution in [-0.2, 0) is 6.61 Å². The van der Waals surface area contributed by atoms with Gasteiger partial charge >= 0.3 is 0 Å². The quantitative estimate of drug-likeness (QED) is 0.842. The largest absolute Gasteiger partial charge is 0.437 e. The predicted molar refractivity (Wildman–Crippen MR) is 66.3 cm³/mol. The topological polar surface area (TPSA) is 55.2 Å². The summed E-state index contributed by atoms with van der Waals surface area (Å²) in [5, 5.41) is 8.94. The smallest absolute Gasteiger partial charge is 0.238 e. The third kappa shape index (κ3) is 3.18. The van der Waals surface area contributed by atoms with Gasteiger partial charge in [0.25, 0.3) is 0 Å². The molecule has 0 fully saturated rings. The Hall–Kier alpha value is -1.59. The van der Waals surface area contributed by atoms with Gasteiger partial charge < -0.3 is 9.84 Å². The average molecular weight is 248 g/mol. The van der Waals surface area contributed by atoms with Crippen molar-refractivity contribution in [3.8, 4) is 11.6 Å². The number of hydrogen-bond donors (Lipinski definition) is 1. The lowest BCUT2D eigenvalue weighted by molar-refractivity contribution is 0.274. The number of ether oxygens (including phenoxy) is 1. The third-order valence-electron chi connectivity index (χ3n) is 2.11. The molecular weight excluding hydrogens is 236 g/mol. The molecule has 1 N–H and O–H groups in total. The minimum atomic E-state index is -0.143. The average Bonchev–Trinajstić information content (AvgIpc) is 2.40. The van der Waals surface area contributed by atoms with Gasteiger partial charge in [0.05, 0.1) is 24.7 Å². The zero-order chi connectivity index (χ0) is 12.1. The summed E-state index contributed by atoms with van der Waals surface area (Å²) in [5.74, 6) is 1.08. The molecule has 0 radical (unpaired) electrons. The first-order valence-corrected chi connectivity index (χ1v) is 6.28. The molecule has 0 amide bonds. The van der Waals surface area contributed by atoms with Crippen LogP contribution in [-0.4, -0.2) is 21.3 Å². The fourth-order valence-corrected chi connectivity index (χ4v) is 1.68. The van der Waals surface area contributed by atoms with Gasteiger partial charge in [0.2, 0.25) is 5.88 Å². The van der Waals surface area contributed by atoms with Gasteiger partial charge in [-0.05, 0) is 30.5 Å². The molecule has 4 nitrogen and oxygen atoms in total. The van der Waals surface area contributed by atoms with Crippen LogP contribution < -0.4 is 4.74 Å². The molecule has 0 saturated heterocycles. The van der Waals surface area contributed by atoms with Crippen LogP contribution in [0.1, 0.15) is 5.69 Å². The van der Waals surface area contributed by atoms with Crippen molar-refractivity contribution < 1.29 is 9.84 Å². The van der Waals surface area contributed by atoms with Gasteiger partial charge in [-0.3, -0.25) is 4.98 Å². The number of aliphatic hydroxyl groups excluding tert-OH is 1. The second-order valence-electron chi connectivity index (χ2n) is 3.28. The van der Waals surface area contributed by atoms with Gasteiger partial charge in [0.1, 0.15) is 5.75 Å². The van der Waals surface area contributed by atoms with Gasteiger partial charge in [-0.2, -0.15) is 0 Å². The lowest BCUT2D eigenvalue weighted by Gasteiger charge is -2.05. The number of rotatable bonds is 4. The fraction of sp³-hybridized carbons (Fsp3) is 0.167. The van der Waals surface area contributed by atoms with Crippen molar-refractivity contribution in [3.05, 3.63) is 42.4 Å². The second kappa shape index (κ2) is 5.65. The molecule has 0 aliphatic rings. The van der Waals surface area contributed by atoms with Gasteiger partial charge in [0.15, 0.2) is 0 Å². The highest BCUT2D eigenvalue weighted by Gasteiger charge is 2.01. The summed E-state index contributed by atoms with van der Waals surface area (Å²) in [6.07, 6.45) is 5.04. The van der Waals surface area contributed by atoms with Crippen LogP contribution in [0.5, 0.6) is 11.6 Å². The molecule has 1 aromatic heterocycles. The van der Waals surface area contributed by atoms with Crippen LogP contribution in [0.4, 0.5) is 0 Å². The second-order valence-corrected chi connectivity index (χ2v) is 4.16. The van der Waals surface area contributed by atoms with E-state index in [1.54, 1.807) is 11.8 Å². The Bertz CT molecular complexity index is 488. The highest BCUT2D eigenvalue weighted by atomic mass is 32.2. The lowest BCUT2D eigenvalue weighted by atomic mass is 10.3. The Morgan fingerprint density at radius 3 is 2.65 bits per heavy atom. The Labute approximate surface area is 104 Å². The molecule has 2 rings (SSSR count). The maximum atomic E-state index is 8.94. The van der Waals surface area contributed by atoms with E-state index in [9.17, 15) is 0 Å². The standard InChI is InChI=1S/C12H12N2O2S/c1-17-11-4-2-10(3-5-11)16-12-7-13-6-9(8-15)14-12/h2-7,15H,8H2,1H3. The Morgan fingerprint density at radius 1 is 1.24 bits per heavy atom. The Kier molecular flexibility index (Phi) is 3.95. The van der Waals surface area contributed by atoms with Crippen LogP contribution in [0.15, 0.2) is 41.6 Å². The molecule has 0 saturated carbocycles. The molecule has 5 heteroatoms. The van der Waals surface area contributed by atoms with Gasteiger partial charge in [0, 0.05) is 4.90 Å². The third-order valence-corrected chi connectivity index (χ3v) is 2.85. The number of aliphatic hydroxyl groups is 1. The summed E-state index contributed by atoms with van der Waals surface area (Å²) in [6, 6.07) is 7.70. The van der Waals surface area contributed by atoms with E-state index < -0.39 is 0 Å². The predicted octanol–water partition coefficient (Wildman–Crippen LogP) is 2.48. The van der Waals surface area contributed by atoms with E-state index in [-0.39, 0.29) is 6.61 Å². The first-order chi connectivity index (χ1) is 8.31. The Morgan fingerprint density at radius 2 is 2.00 bits per heavy atom. The summed E-state index contributed by atoms with van der Waals surface area (Å²) in [6.45, 7) is -0.143. The number of aromatic nitrogens is 2. The number of thioether (sulfide) groups is 1. The van der Waals surface area contributed by atoms with Crippen molar-refractivity contribution >= 4 is 11.8 Å². The number of benzene rings is 1. The Balaban J connectivity index is 2.13. The van der Waals surface area contributed by atoms with E-state index in [0.717, 1.165) is 0 Å². The summed E-state index contributed by atoms with van der Waals surface area (Å²) in [5.41, 5.74) is 0.489. The highest BCUT2D eigenvalue weighted by Crippen LogP contribution is 2.22. The molecule has 1 heterocycles. The van der Waals surface area contributed by atoms with Crippen molar-refractivity contribution in [3.63, 3.8) is 0 Å². The maximum Gasteiger partial charge on any atom is 0.238 e. The fourth-order valence-electron chi connectivity index (χ4n) is 1.28. The lowest BCUT2D eigenvalue weighted by Crippen LogP contribution is -1.94. The van der Waals surface area contributed by atoms with E-state index in [1.807, 2.05) is 30.5 Å².